The van der Waals surface area contributed by atoms with Crippen LogP contribution in [0.2, 0.25) is 0 Å². The molecule has 0 saturated carbocycles. The van der Waals surface area contributed by atoms with Crippen molar-refractivity contribution in [3.8, 4) is 11.5 Å². The van der Waals surface area contributed by atoms with Crippen molar-refractivity contribution >= 4 is 23.1 Å². The first-order valence-electron chi connectivity index (χ1n) is 12.6. The van der Waals surface area contributed by atoms with Crippen molar-refractivity contribution < 1.29 is 24.2 Å². The lowest BCUT2D eigenvalue weighted by Crippen LogP contribution is -2.29. The number of aliphatic hydroxyl groups excluding tert-OH is 1. The fourth-order valence-electron chi connectivity index (χ4n) is 4.59. The number of nitrogens with zero attached hydrogens (tertiary/aromatic N) is 1. The molecule has 0 radical (unpaired) electrons. The summed E-state index contributed by atoms with van der Waals surface area (Å²) in [6, 6.07) is 20.9. The number of Topliss-reactive ketones (excluding diaryl/α,β-unsaturated/α-hetero) is 1. The van der Waals surface area contributed by atoms with Crippen LogP contribution >= 0.6 is 0 Å². The normalized spacial score (nSPS) is 17.1. The molecule has 1 N–H and O–H groups in total. The van der Waals surface area contributed by atoms with E-state index in [1.807, 2.05) is 83.1 Å². The van der Waals surface area contributed by atoms with E-state index in [1.54, 1.807) is 24.3 Å². The van der Waals surface area contributed by atoms with E-state index in [0.29, 0.717) is 29.2 Å². The van der Waals surface area contributed by atoms with Gasteiger partial charge >= 0.3 is 0 Å². The molecule has 1 heterocycles. The number of aliphatic hydroxyl groups is 1. The molecule has 6 heteroatoms. The summed E-state index contributed by atoms with van der Waals surface area (Å²) in [5.74, 6) is -0.0803. The van der Waals surface area contributed by atoms with Gasteiger partial charge in [-0.3, -0.25) is 14.5 Å². The van der Waals surface area contributed by atoms with E-state index < -0.39 is 17.7 Å². The van der Waals surface area contributed by atoms with Gasteiger partial charge in [0.2, 0.25) is 0 Å². The average Bonchev–Trinajstić information content (AvgIpc) is 3.14. The number of carbonyl (C=O) groups is 2. The lowest BCUT2D eigenvalue weighted by Gasteiger charge is -2.25. The second kappa shape index (κ2) is 10.9. The Hall–Kier alpha value is -4.06. The van der Waals surface area contributed by atoms with Crippen LogP contribution in [0.1, 0.15) is 63.3 Å². The van der Waals surface area contributed by atoms with Crippen molar-refractivity contribution in [2.75, 3.05) is 11.5 Å². The molecule has 1 amide bonds. The minimum atomic E-state index is -0.801. The van der Waals surface area contributed by atoms with Crippen LogP contribution in [0.5, 0.6) is 11.5 Å². The first kappa shape index (κ1) is 26.0. The van der Waals surface area contributed by atoms with Crippen LogP contribution in [0.4, 0.5) is 5.69 Å². The van der Waals surface area contributed by atoms with Crippen molar-refractivity contribution in [2.24, 2.45) is 0 Å². The summed E-state index contributed by atoms with van der Waals surface area (Å²) < 4.78 is 11.5. The molecule has 3 aromatic rings. The number of anilines is 1. The third kappa shape index (κ3) is 5.24. The number of para-hydroxylation sites is 1. The molecule has 1 aliphatic heterocycles. The number of rotatable bonds is 8. The van der Waals surface area contributed by atoms with Crippen molar-refractivity contribution in [2.45, 2.75) is 52.7 Å². The highest BCUT2D eigenvalue weighted by atomic mass is 16.5. The van der Waals surface area contributed by atoms with Gasteiger partial charge in [0.05, 0.1) is 24.3 Å². The lowest BCUT2D eigenvalue weighted by molar-refractivity contribution is -0.132. The van der Waals surface area contributed by atoms with Crippen molar-refractivity contribution in [1.82, 2.24) is 0 Å². The van der Waals surface area contributed by atoms with Crippen LogP contribution in [0.25, 0.3) is 5.76 Å². The Morgan fingerprint density at radius 2 is 1.62 bits per heavy atom. The van der Waals surface area contributed by atoms with Gasteiger partial charge in [0, 0.05) is 11.3 Å². The zero-order valence-corrected chi connectivity index (χ0v) is 21.9. The highest BCUT2D eigenvalue weighted by molar-refractivity contribution is 6.51. The highest BCUT2D eigenvalue weighted by Crippen LogP contribution is 2.43. The molecule has 1 aliphatic rings. The number of amides is 1. The monoisotopic (exact) mass is 499 g/mol. The van der Waals surface area contributed by atoms with Gasteiger partial charge in [-0.15, -0.1) is 0 Å². The third-order valence-electron chi connectivity index (χ3n) is 6.25. The number of hydrogen-bond acceptors (Lipinski definition) is 5. The SMILES string of the molecule is CCOc1ccc(/C(O)=C2/C(=O)C(=O)N(c3ccccc3)C2c2ccc(OC(C)C)cc2)cc1C(C)C. The zero-order valence-electron chi connectivity index (χ0n) is 21.9. The van der Waals surface area contributed by atoms with E-state index in [2.05, 4.69) is 0 Å². The zero-order chi connectivity index (χ0) is 26.7. The van der Waals surface area contributed by atoms with Crippen molar-refractivity contribution in [1.29, 1.82) is 0 Å². The molecule has 0 aliphatic carbocycles. The maximum atomic E-state index is 13.4. The summed E-state index contributed by atoms with van der Waals surface area (Å²) in [6.45, 7) is 10.4. The molecule has 0 spiro atoms. The van der Waals surface area contributed by atoms with Gasteiger partial charge in [0.15, 0.2) is 0 Å². The smallest absolute Gasteiger partial charge is 0.300 e. The summed E-state index contributed by atoms with van der Waals surface area (Å²) in [5.41, 5.74) is 2.68. The minimum Gasteiger partial charge on any atom is -0.507 e. The van der Waals surface area contributed by atoms with E-state index in [9.17, 15) is 14.7 Å². The van der Waals surface area contributed by atoms with Crippen LogP contribution in [0, 0.1) is 0 Å². The molecule has 4 rings (SSSR count). The van der Waals surface area contributed by atoms with E-state index in [4.69, 9.17) is 9.47 Å². The quantitative estimate of drug-likeness (QED) is 0.214. The number of hydrogen-bond donors (Lipinski definition) is 1. The molecule has 37 heavy (non-hydrogen) atoms. The summed E-state index contributed by atoms with van der Waals surface area (Å²) >= 11 is 0. The molecule has 0 aromatic heterocycles. The summed E-state index contributed by atoms with van der Waals surface area (Å²) in [5, 5.41) is 11.5. The van der Waals surface area contributed by atoms with Crippen LogP contribution in [0.15, 0.2) is 78.4 Å². The molecule has 192 valence electrons. The maximum absolute atomic E-state index is 13.4. The molecule has 0 bridgehead atoms. The standard InChI is InChI=1S/C31H33NO5/c1-6-36-26-17-14-22(18-25(26)19(2)3)29(33)27-28(21-12-15-24(16-13-21)37-20(4)5)32(31(35)30(27)34)23-10-8-7-9-11-23/h7-20,28,33H,6H2,1-5H3/b29-27-. The van der Waals surface area contributed by atoms with E-state index in [1.165, 1.54) is 4.90 Å². The Kier molecular flexibility index (Phi) is 7.67. The van der Waals surface area contributed by atoms with Crippen molar-refractivity contribution in [3.63, 3.8) is 0 Å². The fourth-order valence-corrected chi connectivity index (χ4v) is 4.59. The molecular weight excluding hydrogens is 466 g/mol. The van der Waals surface area contributed by atoms with Crippen molar-refractivity contribution in [3.05, 3.63) is 95.1 Å². The second-order valence-electron chi connectivity index (χ2n) is 9.58. The molecule has 6 nitrogen and oxygen atoms in total. The number of benzene rings is 3. The highest BCUT2D eigenvalue weighted by Gasteiger charge is 2.47. The van der Waals surface area contributed by atoms with E-state index in [0.717, 1.165) is 11.3 Å². The summed E-state index contributed by atoms with van der Waals surface area (Å²) in [4.78, 5) is 28.2. The van der Waals surface area contributed by atoms with Gasteiger partial charge in [-0.1, -0.05) is 44.2 Å². The fraction of sp³-hybridized carbons (Fsp3) is 0.290. The first-order chi connectivity index (χ1) is 17.7. The van der Waals surface area contributed by atoms with Crippen LogP contribution in [-0.2, 0) is 9.59 Å². The predicted octanol–water partition coefficient (Wildman–Crippen LogP) is 6.62. The maximum Gasteiger partial charge on any atom is 0.300 e. The van der Waals surface area contributed by atoms with Gasteiger partial charge in [0.1, 0.15) is 17.3 Å². The number of ketones is 1. The van der Waals surface area contributed by atoms with Gasteiger partial charge in [-0.25, -0.2) is 0 Å². The molecular formula is C31H33NO5. The Morgan fingerprint density at radius 1 is 0.946 bits per heavy atom. The largest absolute Gasteiger partial charge is 0.507 e. The van der Waals surface area contributed by atoms with Gasteiger partial charge < -0.3 is 14.6 Å². The topological polar surface area (TPSA) is 76.1 Å². The lowest BCUT2D eigenvalue weighted by atomic mass is 9.93. The van der Waals surface area contributed by atoms with Gasteiger partial charge in [0.25, 0.3) is 11.7 Å². The first-order valence-corrected chi connectivity index (χ1v) is 12.6. The summed E-state index contributed by atoms with van der Waals surface area (Å²) in [6.07, 6.45) is 0.00983. The third-order valence-corrected chi connectivity index (χ3v) is 6.25. The molecule has 3 aromatic carbocycles. The molecule has 1 fully saturated rings. The Morgan fingerprint density at radius 3 is 2.22 bits per heavy atom. The Balaban J connectivity index is 1.89. The van der Waals surface area contributed by atoms with Gasteiger partial charge in [-0.2, -0.15) is 0 Å². The number of carbonyl (C=O) groups excluding carboxylic acids is 2. The van der Waals surface area contributed by atoms with E-state index in [-0.39, 0.29) is 23.4 Å². The van der Waals surface area contributed by atoms with Gasteiger partial charge in [-0.05, 0) is 80.3 Å². The van der Waals surface area contributed by atoms with Crippen LogP contribution in [0.3, 0.4) is 0 Å². The summed E-state index contributed by atoms with van der Waals surface area (Å²) in [7, 11) is 0. The second-order valence-corrected chi connectivity index (χ2v) is 9.58. The van der Waals surface area contributed by atoms with Crippen LogP contribution in [-0.4, -0.2) is 29.5 Å². The van der Waals surface area contributed by atoms with Crippen LogP contribution < -0.4 is 14.4 Å². The molecule has 1 unspecified atom stereocenters. The molecule has 1 atom stereocenters. The predicted molar refractivity (Wildman–Crippen MR) is 145 cm³/mol. The Bertz CT molecular complexity index is 1310. The minimum absolute atomic E-state index is 0.00983. The molecule has 1 saturated heterocycles. The Labute approximate surface area is 218 Å². The van der Waals surface area contributed by atoms with E-state index >= 15 is 0 Å². The number of ether oxygens (including phenoxy) is 2. The average molecular weight is 500 g/mol.